The molecule has 86 valence electrons. The van der Waals surface area contributed by atoms with E-state index in [9.17, 15) is 0 Å². The minimum atomic E-state index is 0.598. The lowest BCUT2D eigenvalue weighted by Crippen LogP contribution is -2.51. The second kappa shape index (κ2) is 4.06. The van der Waals surface area contributed by atoms with E-state index in [1.54, 1.807) is 0 Å². The van der Waals surface area contributed by atoms with Gasteiger partial charge in [0.05, 0.1) is 12.8 Å². The summed E-state index contributed by atoms with van der Waals surface area (Å²) in [5.41, 5.74) is 0. The van der Waals surface area contributed by atoms with Crippen molar-refractivity contribution < 1.29 is 4.74 Å². The SMILES string of the molecule is CN1COC2CCC3CCCCC3C2C1. The Kier molecular flexibility index (Phi) is 2.73. The molecule has 0 amide bonds. The fraction of sp³-hybridized carbons (Fsp3) is 1.00. The maximum absolute atomic E-state index is 5.97. The number of rotatable bonds is 0. The minimum Gasteiger partial charge on any atom is -0.363 e. The molecular weight excluding hydrogens is 186 g/mol. The molecule has 3 aliphatic rings. The summed E-state index contributed by atoms with van der Waals surface area (Å²) < 4.78 is 5.97. The molecule has 3 rings (SSSR count). The first-order chi connectivity index (χ1) is 7.34. The van der Waals surface area contributed by atoms with Gasteiger partial charge in [0, 0.05) is 12.5 Å². The number of hydrogen-bond donors (Lipinski definition) is 0. The van der Waals surface area contributed by atoms with E-state index in [-0.39, 0.29) is 0 Å². The van der Waals surface area contributed by atoms with Crippen molar-refractivity contribution in [3.8, 4) is 0 Å². The second-order valence-corrected chi connectivity index (χ2v) is 5.82. The zero-order chi connectivity index (χ0) is 10.3. The van der Waals surface area contributed by atoms with Gasteiger partial charge in [-0.15, -0.1) is 0 Å². The molecule has 1 saturated heterocycles. The van der Waals surface area contributed by atoms with E-state index in [4.69, 9.17) is 4.74 Å². The standard InChI is InChI=1S/C13H23NO/c1-14-8-12-11-5-3-2-4-10(11)6-7-13(12)15-9-14/h10-13H,2-9H2,1H3. The van der Waals surface area contributed by atoms with Crippen LogP contribution in [0.25, 0.3) is 0 Å². The summed E-state index contributed by atoms with van der Waals surface area (Å²) in [6, 6.07) is 0. The first-order valence-corrected chi connectivity index (χ1v) is 6.65. The fourth-order valence-electron chi connectivity index (χ4n) is 4.12. The average Bonchev–Trinajstić information content (AvgIpc) is 2.29. The van der Waals surface area contributed by atoms with Crippen molar-refractivity contribution in [3.05, 3.63) is 0 Å². The van der Waals surface area contributed by atoms with Gasteiger partial charge in [-0.05, 0) is 38.1 Å². The third kappa shape index (κ3) is 1.83. The van der Waals surface area contributed by atoms with Crippen LogP contribution in [-0.4, -0.2) is 31.3 Å². The summed E-state index contributed by atoms with van der Waals surface area (Å²) in [4.78, 5) is 2.36. The smallest absolute Gasteiger partial charge is 0.0991 e. The molecule has 0 aromatic heterocycles. The molecule has 0 radical (unpaired) electrons. The normalized spacial score (nSPS) is 47.0. The van der Waals surface area contributed by atoms with Gasteiger partial charge in [-0.25, -0.2) is 0 Å². The van der Waals surface area contributed by atoms with Crippen LogP contribution in [0.15, 0.2) is 0 Å². The fourth-order valence-corrected chi connectivity index (χ4v) is 4.12. The summed E-state index contributed by atoms with van der Waals surface area (Å²) in [6.45, 7) is 2.14. The highest BCUT2D eigenvalue weighted by Gasteiger charge is 2.42. The summed E-state index contributed by atoms with van der Waals surface area (Å²) in [6.07, 6.45) is 9.29. The topological polar surface area (TPSA) is 12.5 Å². The predicted octanol–water partition coefficient (Wildman–Crippen LogP) is 2.49. The van der Waals surface area contributed by atoms with Crippen molar-refractivity contribution in [2.45, 2.75) is 44.6 Å². The van der Waals surface area contributed by atoms with E-state index in [0.717, 1.165) is 24.5 Å². The number of ether oxygens (including phenoxy) is 1. The maximum Gasteiger partial charge on any atom is 0.0991 e. The van der Waals surface area contributed by atoms with Crippen LogP contribution in [0.4, 0.5) is 0 Å². The second-order valence-electron chi connectivity index (χ2n) is 5.82. The van der Waals surface area contributed by atoms with E-state index >= 15 is 0 Å². The van der Waals surface area contributed by atoms with Gasteiger partial charge in [-0.2, -0.15) is 0 Å². The Balaban J connectivity index is 1.74. The Morgan fingerprint density at radius 3 is 2.80 bits per heavy atom. The quantitative estimate of drug-likeness (QED) is 0.608. The number of fused-ring (bicyclic) bond motifs is 3. The van der Waals surface area contributed by atoms with Crippen LogP contribution in [0, 0.1) is 17.8 Å². The average molecular weight is 209 g/mol. The van der Waals surface area contributed by atoms with Gasteiger partial charge in [-0.3, -0.25) is 4.90 Å². The van der Waals surface area contributed by atoms with Crippen molar-refractivity contribution in [1.29, 1.82) is 0 Å². The van der Waals surface area contributed by atoms with E-state index in [2.05, 4.69) is 11.9 Å². The van der Waals surface area contributed by atoms with Crippen molar-refractivity contribution in [2.24, 2.45) is 17.8 Å². The molecule has 4 atom stereocenters. The highest BCUT2D eigenvalue weighted by Crippen LogP contribution is 2.45. The zero-order valence-corrected chi connectivity index (χ0v) is 9.82. The Morgan fingerprint density at radius 1 is 1.00 bits per heavy atom. The van der Waals surface area contributed by atoms with Crippen LogP contribution in [0.2, 0.25) is 0 Å². The van der Waals surface area contributed by atoms with Crippen LogP contribution in [0.3, 0.4) is 0 Å². The Bertz CT molecular complexity index is 231. The lowest BCUT2D eigenvalue weighted by Gasteiger charge is -2.49. The first kappa shape index (κ1) is 10.1. The monoisotopic (exact) mass is 209 g/mol. The van der Waals surface area contributed by atoms with Gasteiger partial charge in [0.2, 0.25) is 0 Å². The molecular formula is C13H23NO. The van der Waals surface area contributed by atoms with Gasteiger partial charge in [0.1, 0.15) is 0 Å². The lowest BCUT2D eigenvalue weighted by molar-refractivity contribution is -0.141. The van der Waals surface area contributed by atoms with E-state index in [1.807, 2.05) is 0 Å². The summed E-state index contributed by atoms with van der Waals surface area (Å²) in [5.74, 6) is 2.87. The van der Waals surface area contributed by atoms with E-state index in [0.29, 0.717) is 6.10 Å². The zero-order valence-electron chi connectivity index (χ0n) is 9.82. The number of hydrogen-bond acceptors (Lipinski definition) is 2. The Labute approximate surface area is 93.0 Å². The minimum absolute atomic E-state index is 0.598. The van der Waals surface area contributed by atoms with Gasteiger partial charge < -0.3 is 4.74 Å². The molecule has 2 nitrogen and oxygen atoms in total. The molecule has 2 heteroatoms. The maximum atomic E-state index is 5.97. The lowest BCUT2D eigenvalue weighted by atomic mass is 9.64. The van der Waals surface area contributed by atoms with Crippen molar-refractivity contribution in [2.75, 3.05) is 20.3 Å². The van der Waals surface area contributed by atoms with Crippen LogP contribution in [-0.2, 0) is 4.74 Å². The molecule has 0 bridgehead atoms. The van der Waals surface area contributed by atoms with Crippen LogP contribution in [0.1, 0.15) is 38.5 Å². The summed E-state index contributed by atoms with van der Waals surface area (Å²) >= 11 is 0. The van der Waals surface area contributed by atoms with Gasteiger partial charge >= 0.3 is 0 Å². The molecule has 0 aromatic rings. The molecule has 4 unspecified atom stereocenters. The largest absolute Gasteiger partial charge is 0.363 e. The Hall–Kier alpha value is -0.0800. The molecule has 1 heterocycles. The molecule has 0 N–H and O–H groups in total. The first-order valence-electron chi connectivity index (χ1n) is 6.65. The van der Waals surface area contributed by atoms with Crippen LogP contribution < -0.4 is 0 Å². The highest BCUT2D eigenvalue weighted by molar-refractivity contribution is 4.92. The van der Waals surface area contributed by atoms with Crippen molar-refractivity contribution in [1.82, 2.24) is 4.90 Å². The third-order valence-corrected chi connectivity index (χ3v) is 4.85. The summed E-state index contributed by atoms with van der Waals surface area (Å²) in [7, 11) is 2.20. The Morgan fingerprint density at radius 2 is 1.87 bits per heavy atom. The van der Waals surface area contributed by atoms with Gasteiger partial charge in [0.25, 0.3) is 0 Å². The molecule has 2 aliphatic carbocycles. The number of nitrogens with zero attached hydrogens (tertiary/aromatic N) is 1. The van der Waals surface area contributed by atoms with Crippen LogP contribution >= 0.6 is 0 Å². The van der Waals surface area contributed by atoms with Gasteiger partial charge in [-0.1, -0.05) is 19.3 Å². The molecule has 15 heavy (non-hydrogen) atoms. The summed E-state index contributed by atoms with van der Waals surface area (Å²) in [5, 5.41) is 0. The molecule has 0 aromatic carbocycles. The molecule has 3 fully saturated rings. The van der Waals surface area contributed by atoms with Crippen molar-refractivity contribution in [3.63, 3.8) is 0 Å². The van der Waals surface area contributed by atoms with Crippen molar-refractivity contribution >= 4 is 0 Å². The molecule has 1 aliphatic heterocycles. The van der Waals surface area contributed by atoms with E-state index in [1.165, 1.54) is 45.1 Å². The molecule has 0 spiro atoms. The van der Waals surface area contributed by atoms with Gasteiger partial charge in [0.15, 0.2) is 0 Å². The van der Waals surface area contributed by atoms with Crippen LogP contribution in [0.5, 0.6) is 0 Å². The highest BCUT2D eigenvalue weighted by atomic mass is 16.5. The predicted molar refractivity (Wildman–Crippen MR) is 60.5 cm³/mol. The van der Waals surface area contributed by atoms with E-state index < -0.39 is 0 Å². The molecule has 2 saturated carbocycles. The third-order valence-electron chi connectivity index (χ3n) is 4.85.